The van der Waals surface area contributed by atoms with E-state index in [9.17, 15) is 9.59 Å². The first kappa shape index (κ1) is 14.0. The Hall–Kier alpha value is -2.04. The molecule has 0 heterocycles. The number of carbonyl (C=O) groups excluding carboxylic acids is 2. The van der Waals surface area contributed by atoms with Gasteiger partial charge in [0.05, 0.1) is 7.11 Å². The molecule has 1 aromatic carbocycles. The first-order valence-electron chi connectivity index (χ1n) is 5.59. The van der Waals surface area contributed by atoms with Crippen molar-refractivity contribution in [1.29, 1.82) is 0 Å². The van der Waals surface area contributed by atoms with Gasteiger partial charge in [0.25, 0.3) is 5.91 Å². The van der Waals surface area contributed by atoms with Gasteiger partial charge in [0.2, 0.25) is 0 Å². The van der Waals surface area contributed by atoms with Crippen LogP contribution in [0.15, 0.2) is 24.3 Å². The Balaban J connectivity index is 2.62. The molecule has 98 valence electrons. The standard InChI is InChI=1S/C13H18N2O3/c1-13(2,3)15-12(17)14-11(16)9-5-7-10(18-4)8-6-9/h5-8H,1-4H3,(H2,14,15,16,17). The van der Waals surface area contributed by atoms with Gasteiger partial charge < -0.3 is 10.1 Å². The molecule has 1 aromatic rings. The first-order valence-corrected chi connectivity index (χ1v) is 5.59. The number of rotatable bonds is 2. The van der Waals surface area contributed by atoms with Crippen molar-refractivity contribution in [3.63, 3.8) is 0 Å². The SMILES string of the molecule is COc1ccc(C(=O)NC(=O)NC(C)(C)C)cc1. The van der Waals surface area contributed by atoms with E-state index in [0.29, 0.717) is 11.3 Å². The van der Waals surface area contributed by atoms with Gasteiger partial charge in [-0.3, -0.25) is 10.1 Å². The molecule has 0 aliphatic heterocycles. The van der Waals surface area contributed by atoms with Gasteiger partial charge in [-0.2, -0.15) is 0 Å². The Bertz CT molecular complexity index is 433. The summed E-state index contributed by atoms with van der Waals surface area (Å²) in [6.07, 6.45) is 0. The van der Waals surface area contributed by atoms with Crippen LogP contribution >= 0.6 is 0 Å². The Morgan fingerprint density at radius 2 is 1.67 bits per heavy atom. The van der Waals surface area contributed by atoms with Gasteiger partial charge in [-0.15, -0.1) is 0 Å². The lowest BCUT2D eigenvalue weighted by molar-refractivity contribution is 0.0962. The molecule has 0 spiro atoms. The average molecular weight is 250 g/mol. The molecule has 0 aliphatic rings. The van der Waals surface area contributed by atoms with Crippen molar-refractivity contribution in [1.82, 2.24) is 10.6 Å². The molecular formula is C13H18N2O3. The normalized spacial score (nSPS) is 10.7. The predicted molar refractivity (Wildman–Crippen MR) is 68.7 cm³/mol. The molecule has 0 aromatic heterocycles. The van der Waals surface area contributed by atoms with E-state index >= 15 is 0 Å². The molecule has 0 aliphatic carbocycles. The molecule has 0 saturated carbocycles. The molecule has 1 rings (SSSR count). The molecule has 0 saturated heterocycles. The molecule has 5 heteroatoms. The molecule has 0 radical (unpaired) electrons. The highest BCUT2D eigenvalue weighted by Gasteiger charge is 2.16. The molecule has 0 bridgehead atoms. The monoisotopic (exact) mass is 250 g/mol. The minimum Gasteiger partial charge on any atom is -0.497 e. The van der Waals surface area contributed by atoms with Crippen LogP contribution in [-0.2, 0) is 0 Å². The predicted octanol–water partition coefficient (Wildman–Crippen LogP) is 1.93. The highest BCUT2D eigenvalue weighted by atomic mass is 16.5. The van der Waals surface area contributed by atoms with Crippen LogP contribution in [0.2, 0.25) is 0 Å². The fourth-order valence-electron chi connectivity index (χ4n) is 1.29. The summed E-state index contributed by atoms with van der Waals surface area (Å²) in [6, 6.07) is 6.01. The number of imide groups is 1. The molecule has 0 fully saturated rings. The summed E-state index contributed by atoms with van der Waals surface area (Å²) >= 11 is 0. The number of carbonyl (C=O) groups is 2. The second-order valence-electron chi connectivity index (χ2n) is 4.89. The number of nitrogens with one attached hydrogen (secondary N) is 2. The summed E-state index contributed by atoms with van der Waals surface area (Å²) in [5.74, 6) is 0.213. The Morgan fingerprint density at radius 3 is 2.11 bits per heavy atom. The van der Waals surface area contributed by atoms with Gasteiger partial charge in [-0.1, -0.05) is 0 Å². The summed E-state index contributed by atoms with van der Waals surface area (Å²) < 4.78 is 4.98. The van der Waals surface area contributed by atoms with Crippen LogP contribution in [0.3, 0.4) is 0 Å². The maximum Gasteiger partial charge on any atom is 0.322 e. The molecule has 5 nitrogen and oxygen atoms in total. The largest absolute Gasteiger partial charge is 0.497 e. The minimum absolute atomic E-state index is 0.385. The molecule has 18 heavy (non-hydrogen) atoms. The summed E-state index contributed by atoms with van der Waals surface area (Å²) in [7, 11) is 1.55. The van der Waals surface area contributed by atoms with E-state index in [1.807, 2.05) is 20.8 Å². The van der Waals surface area contributed by atoms with E-state index < -0.39 is 11.9 Å². The van der Waals surface area contributed by atoms with Crippen LogP contribution in [0.1, 0.15) is 31.1 Å². The Kier molecular flexibility index (Phi) is 4.31. The maximum absolute atomic E-state index is 11.7. The number of ether oxygens (including phenoxy) is 1. The zero-order valence-electron chi connectivity index (χ0n) is 11.0. The van der Waals surface area contributed by atoms with Crippen molar-refractivity contribution in [2.24, 2.45) is 0 Å². The van der Waals surface area contributed by atoms with Crippen LogP contribution in [0.25, 0.3) is 0 Å². The Labute approximate surface area is 107 Å². The van der Waals surface area contributed by atoms with E-state index in [0.717, 1.165) is 0 Å². The summed E-state index contributed by atoms with van der Waals surface area (Å²) in [6.45, 7) is 5.51. The number of hydrogen-bond donors (Lipinski definition) is 2. The third kappa shape index (κ3) is 4.45. The number of urea groups is 1. The van der Waals surface area contributed by atoms with E-state index in [1.165, 1.54) is 0 Å². The van der Waals surface area contributed by atoms with E-state index in [1.54, 1.807) is 31.4 Å². The van der Waals surface area contributed by atoms with Gasteiger partial charge in [-0.05, 0) is 45.0 Å². The number of methoxy groups -OCH3 is 1. The lowest BCUT2D eigenvalue weighted by Crippen LogP contribution is -2.48. The quantitative estimate of drug-likeness (QED) is 0.842. The lowest BCUT2D eigenvalue weighted by atomic mass is 10.1. The topological polar surface area (TPSA) is 67.4 Å². The van der Waals surface area contributed by atoms with E-state index in [-0.39, 0.29) is 5.54 Å². The maximum atomic E-state index is 11.7. The number of benzene rings is 1. The third-order valence-corrected chi connectivity index (χ3v) is 2.07. The fourth-order valence-corrected chi connectivity index (χ4v) is 1.29. The van der Waals surface area contributed by atoms with Crippen molar-refractivity contribution in [3.8, 4) is 5.75 Å². The number of amides is 3. The van der Waals surface area contributed by atoms with Crippen molar-refractivity contribution >= 4 is 11.9 Å². The fraction of sp³-hybridized carbons (Fsp3) is 0.385. The van der Waals surface area contributed by atoms with Gasteiger partial charge >= 0.3 is 6.03 Å². The van der Waals surface area contributed by atoms with Crippen molar-refractivity contribution in [2.75, 3.05) is 7.11 Å². The van der Waals surface area contributed by atoms with Crippen LogP contribution in [0, 0.1) is 0 Å². The zero-order valence-corrected chi connectivity index (χ0v) is 11.0. The van der Waals surface area contributed by atoms with Gasteiger partial charge in [0.15, 0.2) is 0 Å². The summed E-state index contributed by atoms with van der Waals surface area (Å²) in [4.78, 5) is 23.2. The summed E-state index contributed by atoms with van der Waals surface area (Å²) in [5, 5.41) is 4.91. The Morgan fingerprint density at radius 1 is 1.11 bits per heavy atom. The second-order valence-corrected chi connectivity index (χ2v) is 4.89. The second kappa shape index (κ2) is 5.53. The van der Waals surface area contributed by atoms with Crippen molar-refractivity contribution in [3.05, 3.63) is 29.8 Å². The van der Waals surface area contributed by atoms with Gasteiger partial charge in [-0.25, -0.2) is 4.79 Å². The molecule has 0 unspecified atom stereocenters. The summed E-state index contributed by atoms with van der Waals surface area (Å²) in [5.41, 5.74) is 0.0180. The zero-order chi connectivity index (χ0) is 13.8. The van der Waals surface area contributed by atoms with Gasteiger partial charge in [0, 0.05) is 11.1 Å². The minimum atomic E-state index is -0.511. The third-order valence-electron chi connectivity index (χ3n) is 2.07. The van der Waals surface area contributed by atoms with Crippen molar-refractivity contribution in [2.45, 2.75) is 26.3 Å². The molecular weight excluding hydrogens is 232 g/mol. The number of hydrogen-bond acceptors (Lipinski definition) is 3. The highest BCUT2D eigenvalue weighted by Crippen LogP contribution is 2.11. The lowest BCUT2D eigenvalue weighted by Gasteiger charge is -2.20. The molecule has 2 N–H and O–H groups in total. The molecule has 3 amide bonds. The highest BCUT2D eigenvalue weighted by molar-refractivity contribution is 6.04. The van der Waals surface area contributed by atoms with Crippen LogP contribution < -0.4 is 15.4 Å². The van der Waals surface area contributed by atoms with Crippen LogP contribution in [0.5, 0.6) is 5.75 Å². The smallest absolute Gasteiger partial charge is 0.322 e. The van der Waals surface area contributed by atoms with Crippen molar-refractivity contribution < 1.29 is 14.3 Å². The van der Waals surface area contributed by atoms with Crippen LogP contribution in [0.4, 0.5) is 4.79 Å². The van der Waals surface area contributed by atoms with E-state index in [2.05, 4.69) is 10.6 Å². The average Bonchev–Trinajstić information content (AvgIpc) is 2.26. The van der Waals surface area contributed by atoms with Gasteiger partial charge in [0.1, 0.15) is 5.75 Å². The van der Waals surface area contributed by atoms with E-state index in [4.69, 9.17) is 4.74 Å². The molecule has 0 atom stereocenters. The first-order chi connectivity index (χ1) is 8.31. The van der Waals surface area contributed by atoms with Crippen LogP contribution in [-0.4, -0.2) is 24.6 Å².